The van der Waals surface area contributed by atoms with Crippen LogP contribution in [0.5, 0.6) is 0 Å². The third kappa shape index (κ3) is 10.6. The summed E-state index contributed by atoms with van der Waals surface area (Å²) in [6, 6.07) is -1.64. The summed E-state index contributed by atoms with van der Waals surface area (Å²) < 4.78 is 0. The Labute approximate surface area is 154 Å². The maximum absolute atomic E-state index is 12.3. The summed E-state index contributed by atoms with van der Waals surface area (Å²) in [4.78, 5) is 57.2. The number of ketones is 2. The van der Waals surface area contributed by atoms with E-state index in [0.29, 0.717) is 19.3 Å². The average Bonchev–Trinajstić information content (AvgIpc) is 2.52. The van der Waals surface area contributed by atoms with Crippen LogP contribution in [0.25, 0.3) is 0 Å². The topological polar surface area (TPSA) is 132 Å². The van der Waals surface area contributed by atoms with Crippen molar-refractivity contribution in [2.45, 2.75) is 78.3 Å². The minimum Gasteiger partial charge on any atom is -0.550 e. The molecule has 8 heteroatoms. The quantitative estimate of drug-likeness (QED) is 0.435. The Morgan fingerprint density at radius 3 is 2.04 bits per heavy atom. The van der Waals surface area contributed by atoms with E-state index in [2.05, 4.69) is 10.6 Å². The molecule has 0 heterocycles. The molecule has 2 N–H and O–H groups in total. The number of amides is 2. The molecule has 8 nitrogen and oxygen atoms in total. The van der Waals surface area contributed by atoms with Gasteiger partial charge in [0.05, 0.1) is 6.04 Å². The van der Waals surface area contributed by atoms with Crippen LogP contribution in [0, 0.1) is 5.92 Å². The summed E-state index contributed by atoms with van der Waals surface area (Å²) in [5.41, 5.74) is 0. The number of nitrogens with one attached hydrogen (secondary N) is 2. The van der Waals surface area contributed by atoms with Crippen LogP contribution in [0.2, 0.25) is 0 Å². The summed E-state index contributed by atoms with van der Waals surface area (Å²) in [5, 5.41) is 15.8. The van der Waals surface area contributed by atoms with Crippen LogP contribution in [-0.4, -0.2) is 41.4 Å². The van der Waals surface area contributed by atoms with E-state index in [-0.39, 0.29) is 18.1 Å². The zero-order chi connectivity index (χ0) is 20.3. The molecular formula is C18H29N2O6-. The highest BCUT2D eigenvalue weighted by molar-refractivity contribution is 5.93. The van der Waals surface area contributed by atoms with Gasteiger partial charge in [-0.1, -0.05) is 19.8 Å². The molecule has 0 radical (unpaired) electrons. The summed E-state index contributed by atoms with van der Waals surface area (Å²) in [5.74, 6) is -3.42. The summed E-state index contributed by atoms with van der Waals surface area (Å²) in [6.07, 6.45) is 2.76. The van der Waals surface area contributed by atoms with E-state index < -0.39 is 35.7 Å². The van der Waals surface area contributed by atoms with Gasteiger partial charge in [0.2, 0.25) is 11.8 Å². The van der Waals surface area contributed by atoms with Gasteiger partial charge in [-0.2, -0.15) is 0 Å². The first-order valence-electron chi connectivity index (χ1n) is 8.85. The van der Waals surface area contributed by atoms with Crippen molar-refractivity contribution in [3.8, 4) is 0 Å². The van der Waals surface area contributed by atoms with Gasteiger partial charge in [0.1, 0.15) is 11.8 Å². The SMILES string of the molecule is CC(=O)CCCCC[C@H](NC(C)=O)C(=O)N[C@H](C)C(=O)C[C@H](C)C(=O)[O-]. The van der Waals surface area contributed by atoms with Crippen molar-refractivity contribution in [2.75, 3.05) is 0 Å². The monoisotopic (exact) mass is 369 g/mol. The minimum absolute atomic E-state index is 0.110. The Bertz CT molecular complexity index is 532. The van der Waals surface area contributed by atoms with E-state index in [9.17, 15) is 29.1 Å². The zero-order valence-electron chi connectivity index (χ0n) is 15.9. The molecule has 0 aromatic rings. The molecule has 26 heavy (non-hydrogen) atoms. The molecule has 0 unspecified atom stereocenters. The standard InChI is InChI=1S/C18H30N2O6/c1-11(18(25)26)10-16(23)13(3)19-17(24)15(20-14(4)22)9-7-5-6-8-12(2)21/h11,13,15H,5-10H2,1-4H3,(H,19,24)(H,20,22)(H,25,26)/p-1/t11-,13+,15-/m0/s1. The highest BCUT2D eigenvalue weighted by atomic mass is 16.4. The van der Waals surface area contributed by atoms with Crippen LogP contribution in [0.1, 0.15) is 66.2 Å². The van der Waals surface area contributed by atoms with Gasteiger partial charge >= 0.3 is 0 Å². The molecule has 0 spiro atoms. The number of unbranched alkanes of at least 4 members (excludes halogenated alkanes) is 2. The van der Waals surface area contributed by atoms with E-state index in [1.54, 1.807) is 0 Å². The van der Waals surface area contributed by atoms with Crippen LogP contribution >= 0.6 is 0 Å². The number of carbonyl (C=O) groups is 5. The van der Waals surface area contributed by atoms with Gasteiger partial charge in [0, 0.05) is 31.7 Å². The summed E-state index contributed by atoms with van der Waals surface area (Å²) >= 11 is 0. The van der Waals surface area contributed by atoms with Gasteiger partial charge in [-0.25, -0.2) is 0 Å². The molecule has 0 rings (SSSR count). The van der Waals surface area contributed by atoms with Crippen molar-refractivity contribution in [1.82, 2.24) is 10.6 Å². The highest BCUT2D eigenvalue weighted by Gasteiger charge is 2.24. The second-order valence-electron chi connectivity index (χ2n) is 6.68. The Morgan fingerprint density at radius 2 is 1.54 bits per heavy atom. The molecule has 148 valence electrons. The highest BCUT2D eigenvalue weighted by Crippen LogP contribution is 2.08. The van der Waals surface area contributed by atoms with E-state index in [0.717, 1.165) is 12.8 Å². The average molecular weight is 369 g/mol. The Balaban J connectivity index is 4.56. The fraction of sp³-hybridized carbons (Fsp3) is 0.722. The second kappa shape index (κ2) is 12.2. The van der Waals surface area contributed by atoms with Gasteiger partial charge in [-0.05, 0) is 26.7 Å². The lowest BCUT2D eigenvalue weighted by Crippen LogP contribution is -2.50. The van der Waals surface area contributed by atoms with Gasteiger partial charge < -0.3 is 25.3 Å². The molecule has 0 aromatic carbocycles. The predicted molar refractivity (Wildman–Crippen MR) is 92.8 cm³/mol. The number of carboxylic acids is 1. The molecule has 3 atom stereocenters. The number of carbonyl (C=O) groups excluding carboxylic acids is 5. The number of hydrogen-bond donors (Lipinski definition) is 2. The van der Waals surface area contributed by atoms with Crippen LogP contribution < -0.4 is 15.7 Å². The first-order valence-corrected chi connectivity index (χ1v) is 8.85. The molecule has 0 saturated heterocycles. The molecule has 0 fully saturated rings. The molecule has 0 saturated carbocycles. The van der Waals surface area contributed by atoms with E-state index in [1.807, 2.05) is 0 Å². The third-order valence-corrected chi connectivity index (χ3v) is 3.97. The van der Waals surface area contributed by atoms with Crippen molar-refractivity contribution in [3.05, 3.63) is 0 Å². The van der Waals surface area contributed by atoms with Gasteiger partial charge in [-0.15, -0.1) is 0 Å². The van der Waals surface area contributed by atoms with Crippen LogP contribution in [0.3, 0.4) is 0 Å². The lowest BCUT2D eigenvalue weighted by molar-refractivity contribution is -0.311. The second-order valence-corrected chi connectivity index (χ2v) is 6.68. The normalized spacial score (nSPS) is 14.0. The molecule has 0 aromatic heterocycles. The Kier molecular flexibility index (Phi) is 11.1. The lowest BCUT2D eigenvalue weighted by atomic mass is 10.0. The van der Waals surface area contributed by atoms with E-state index in [1.165, 1.54) is 27.7 Å². The summed E-state index contributed by atoms with van der Waals surface area (Å²) in [7, 11) is 0. The molecule has 0 aliphatic carbocycles. The maximum Gasteiger partial charge on any atom is 0.243 e. The molecule has 0 aliphatic heterocycles. The lowest BCUT2D eigenvalue weighted by Gasteiger charge is -2.21. The van der Waals surface area contributed by atoms with E-state index in [4.69, 9.17) is 0 Å². The van der Waals surface area contributed by atoms with Crippen molar-refractivity contribution in [3.63, 3.8) is 0 Å². The van der Waals surface area contributed by atoms with Gasteiger partial charge in [0.15, 0.2) is 5.78 Å². The fourth-order valence-corrected chi connectivity index (χ4v) is 2.37. The third-order valence-electron chi connectivity index (χ3n) is 3.97. The zero-order valence-corrected chi connectivity index (χ0v) is 15.9. The predicted octanol–water partition coefficient (Wildman–Crippen LogP) is -0.119. The maximum atomic E-state index is 12.3. The first kappa shape index (κ1) is 23.8. The Hall–Kier alpha value is -2.25. The van der Waals surface area contributed by atoms with Crippen molar-refractivity contribution in [1.29, 1.82) is 0 Å². The van der Waals surface area contributed by atoms with Gasteiger partial charge in [0.25, 0.3) is 0 Å². The van der Waals surface area contributed by atoms with Crippen molar-refractivity contribution in [2.24, 2.45) is 5.92 Å². The Morgan fingerprint density at radius 1 is 0.923 bits per heavy atom. The molecular weight excluding hydrogens is 340 g/mol. The molecule has 0 bridgehead atoms. The first-order chi connectivity index (χ1) is 12.0. The minimum atomic E-state index is -1.32. The van der Waals surface area contributed by atoms with Crippen LogP contribution in [0.4, 0.5) is 0 Å². The van der Waals surface area contributed by atoms with Crippen LogP contribution in [0.15, 0.2) is 0 Å². The smallest absolute Gasteiger partial charge is 0.243 e. The summed E-state index contributed by atoms with van der Waals surface area (Å²) in [6.45, 7) is 5.65. The van der Waals surface area contributed by atoms with E-state index >= 15 is 0 Å². The number of Topliss-reactive ketones (excluding diaryl/α,β-unsaturated/α-hetero) is 2. The number of rotatable bonds is 13. The van der Waals surface area contributed by atoms with Crippen molar-refractivity contribution >= 4 is 29.4 Å². The fourth-order valence-electron chi connectivity index (χ4n) is 2.37. The number of hydrogen-bond acceptors (Lipinski definition) is 6. The molecule has 0 aliphatic rings. The number of aliphatic carboxylic acids is 1. The largest absolute Gasteiger partial charge is 0.550 e. The van der Waals surface area contributed by atoms with Crippen molar-refractivity contribution < 1.29 is 29.1 Å². The number of carboxylic acid groups (broad SMARTS) is 1. The van der Waals surface area contributed by atoms with Crippen LogP contribution in [-0.2, 0) is 24.0 Å². The van der Waals surface area contributed by atoms with Gasteiger partial charge in [-0.3, -0.25) is 14.4 Å². The molecule has 2 amide bonds.